The Bertz CT molecular complexity index is 574. The highest BCUT2D eigenvalue weighted by molar-refractivity contribution is 5.92. The second-order valence-corrected chi connectivity index (χ2v) is 5.60. The van der Waals surface area contributed by atoms with Gasteiger partial charge in [-0.15, -0.1) is 0 Å². The Kier molecular flexibility index (Phi) is 7.34. The summed E-state index contributed by atoms with van der Waals surface area (Å²) in [6.07, 6.45) is -1.13. The van der Waals surface area contributed by atoms with E-state index in [9.17, 15) is 24.6 Å². The monoisotopic (exact) mass is 337 g/mol. The van der Waals surface area contributed by atoms with Crippen LogP contribution in [0.2, 0.25) is 0 Å². The number of hydrogen-bond acceptors (Lipinski definition) is 5. The van der Waals surface area contributed by atoms with Gasteiger partial charge in [0.25, 0.3) is 0 Å². The number of amides is 2. The number of rotatable bonds is 8. The van der Waals surface area contributed by atoms with Gasteiger partial charge in [0.05, 0.1) is 12.1 Å². The van der Waals surface area contributed by atoms with Gasteiger partial charge in [-0.25, -0.2) is 4.79 Å². The Morgan fingerprint density at radius 1 is 1.08 bits per heavy atom. The third-order valence-electron chi connectivity index (χ3n) is 3.37. The van der Waals surface area contributed by atoms with Crippen LogP contribution in [-0.4, -0.2) is 52.2 Å². The van der Waals surface area contributed by atoms with Gasteiger partial charge in [-0.3, -0.25) is 9.59 Å². The van der Waals surface area contributed by atoms with Crippen LogP contribution in [0.3, 0.4) is 0 Å². The molecule has 0 bridgehead atoms. The maximum atomic E-state index is 12.3. The zero-order valence-electron chi connectivity index (χ0n) is 13.6. The van der Waals surface area contributed by atoms with Crippen molar-refractivity contribution in [3.8, 4) is 0 Å². The van der Waals surface area contributed by atoms with Crippen molar-refractivity contribution in [1.82, 2.24) is 10.6 Å². The zero-order valence-corrected chi connectivity index (χ0v) is 13.6. The number of nitrogens with one attached hydrogen (secondary N) is 2. The van der Waals surface area contributed by atoms with Crippen molar-refractivity contribution >= 4 is 17.8 Å². The summed E-state index contributed by atoms with van der Waals surface area (Å²) in [6, 6.07) is 5.46. The lowest BCUT2D eigenvalue weighted by Gasteiger charge is -2.24. The third-order valence-corrected chi connectivity index (χ3v) is 3.37. The van der Waals surface area contributed by atoms with Crippen LogP contribution in [0.15, 0.2) is 30.3 Å². The van der Waals surface area contributed by atoms with Crippen molar-refractivity contribution in [3.05, 3.63) is 35.9 Å². The molecule has 0 aliphatic carbocycles. The predicted molar refractivity (Wildman–Crippen MR) is 87.0 cm³/mol. The Hall–Kier alpha value is -2.45. The third kappa shape index (κ3) is 5.98. The molecule has 0 fully saturated rings. The molecule has 6 N–H and O–H groups in total. The molecule has 24 heavy (non-hydrogen) atoms. The first kappa shape index (κ1) is 19.6. The molecule has 0 aliphatic rings. The average molecular weight is 337 g/mol. The van der Waals surface area contributed by atoms with E-state index >= 15 is 0 Å². The topological polar surface area (TPSA) is 142 Å². The first-order chi connectivity index (χ1) is 11.2. The zero-order chi connectivity index (χ0) is 18.3. The van der Waals surface area contributed by atoms with Crippen molar-refractivity contribution in [1.29, 1.82) is 0 Å². The highest BCUT2D eigenvalue weighted by Gasteiger charge is 2.30. The molecule has 0 saturated heterocycles. The van der Waals surface area contributed by atoms with Crippen LogP contribution in [-0.2, 0) is 20.8 Å². The van der Waals surface area contributed by atoms with Crippen LogP contribution in [0.1, 0.15) is 19.4 Å². The van der Waals surface area contributed by atoms with Crippen molar-refractivity contribution in [3.63, 3.8) is 0 Å². The molecule has 0 unspecified atom stereocenters. The fourth-order valence-corrected chi connectivity index (χ4v) is 2.00. The lowest BCUT2D eigenvalue weighted by atomic mass is 10.0. The highest BCUT2D eigenvalue weighted by atomic mass is 16.4. The van der Waals surface area contributed by atoms with E-state index in [2.05, 4.69) is 10.6 Å². The number of aliphatic hydroxyl groups is 1. The highest BCUT2D eigenvalue weighted by Crippen LogP contribution is 2.05. The second-order valence-electron chi connectivity index (χ2n) is 5.60. The second kappa shape index (κ2) is 8.99. The van der Waals surface area contributed by atoms with E-state index in [0.29, 0.717) is 0 Å². The maximum Gasteiger partial charge on any atom is 0.326 e. The van der Waals surface area contributed by atoms with Gasteiger partial charge < -0.3 is 26.6 Å². The largest absolute Gasteiger partial charge is 0.480 e. The Balaban J connectivity index is 2.81. The van der Waals surface area contributed by atoms with E-state index in [1.165, 1.54) is 13.8 Å². The lowest BCUT2D eigenvalue weighted by Crippen LogP contribution is -2.58. The van der Waals surface area contributed by atoms with Crippen molar-refractivity contribution < 1.29 is 24.6 Å². The average Bonchev–Trinajstić information content (AvgIpc) is 2.51. The lowest BCUT2D eigenvalue weighted by molar-refractivity contribution is -0.142. The normalized spacial score (nSPS) is 15.7. The molecule has 8 heteroatoms. The van der Waals surface area contributed by atoms with E-state index in [1.807, 2.05) is 0 Å². The minimum Gasteiger partial charge on any atom is -0.480 e. The fourth-order valence-electron chi connectivity index (χ4n) is 2.00. The SMILES string of the molecule is C[C@H](N)C(=O)N[C@H](C(=O)N[C@@H](Cc1ccccc1)C(=O)O)[C@@H](C)O. The molecule has 132 valence electrons. The van der Waals surface area contributed by atoms with Crippen LogP contribution in [0, 0.1) is 0 Å². The van der Waals surface area contributed by atoms with Crippen LogP contribution >= 0.6 is 0 Å². The molecule has 1 aromatic rings. The molecule has 2 amide bonds. The van der Waals surface area contributed by atoms with Crippen LogP contribution in [0.25, 0.3) is 0 Å². The van der Waals surface area contributed by atoms with Crippen LogP contribution in [0.5, 0.6) is 0 Å². The maximum absolute atomic E-state index is 12.3. The first-order valence-electron chi connectivity index (χ1n) is 7.53. The number of carbonyl (C=O) groups excluding carboxylic acids is 2. The number of nitrogens with two attached hydrogens (primary N) is 1. The van der Waals surface area contributed by atoms with E-state index in [1.54, 1.807) is 30.3 Å². The van der Waals surface area contributed by atoms with E-state index in [0.717, 1.165) is 5.56 Å². The van der Waals surface area contributed by atoms with Gasteiger partial charge in [0, 0.05) is 6.42 Å². The van der Waals surface area contributed by atoms with Gasteiger partial charge in [0.15, 0.2) is 0 Å². The number of carboxylic acids is 1. The van der Waals surface area contributed by atoms with Gasteiger partial charge in [0.1, 0.15) is 12.1 Å². The summed E-state index contributed by atoms with van der Waals surface area (Å²) in [7, 11) is 0. The smallest absolute Gasteiger partial charge is 0.326 e. The van der Waals surface area contributed by atoms with Gasteiger partial charge in [0.2, 0.25) is 11.8 Å². The molecule has 0 aliphatic heterocycles. The minimum atomic E-state index is -1.29. The summed E-state index contributed by atoms with van der Waals surface area (Å²) < 4.78 is 0. The molecule has 1 aromatic carbocycles. The van der Waals surface area contributed by atoms with E-state index in [4.69, 9.17) is 5.73 Å². The molecule has 4 atom stereocenters. The van der Waals surface area contributed by atoms with E-state index in [-0.39, 0.29) is 6.42 Å². The molecule has 0 heterocycles. The number of carbonyl (C=O) groups is 3. The number of hydrogen-bond donors (Lipinski definition) is 5. The molecular weight excluding hydrogens is 314 g/mol. The summed E-state index contributed by atoms with van der Waals surface area (Å²) in [6.45, 7) is 2.75. The molecule has 0 aromatic heterocycles. The predicted octanol–water partition coefficient (Wildman–Crippen LogP) is -0.989. The summed E-state index contributed by atoms with van der Waals surface area (Å²) >= 11 is 0. The van der Waals surface area contributed by atoms with Gasteiger partial charge >= 0.3 is 5.97 Å². The quantitative estimate of drug-likeness (QED) is 0.412. The Morgan fingerprint density at radius 3 is 2.12 bits per heavy atom. The first-order valence-corrected chi connectivity index (χ1v) is 7.53. The number of benzene rings is 1. The standard InChI is InChI=1S/C16H23N3O5/c1-9(17)14(21)19-13(10(2)20)15(22)18-12(16(23)24)8-11-6-4-3-5-7-11/h3-7,9-10,12-13,20H,8,17H2,1-2H3,(H,18,22)(H,19,21)(H,23,24)/t9-,10+,12-,13-/m0/s1. The van der Waals surface area contributed by atoms with Crippen molar-refractivity contribution in [2.24, 2.45) is 5.73 Å². The molecule has 0 radical (unpaired) electrons. The van der Waals surface area contributed by atoms with Gasteiger partial charge in [-0.1, -0.05) is 30.3 Å². The summed E-state index contributed by atoms with van der Waals surface area (Å²) in [5.74, 6) is -2.62. The Morgan fingerprint density at radius 2 is 1.67 bits per heavy atom. The molecule has 0 spiro atoms. The van der Waals surface area contributed by atoms with Crippen molar-refractivity contribution in [2.45, 2.75) is 44.5 Å². The molecule has 0 saturated carbocycles. The van der Waals surface area contributed by atoms with Gasteiger partial charge in [-0.05, 0) is 19.4 Å². The summed E-state index contributed by atoms with van der Waals surface area (Å²) in [4.78, 5) is 35.3. The number of aliphatic hydroxyl groups excluding tert-OH is 1. The molecule has 8 nitrogen and oxygen atoms in total. The number of carboxylic acid groups (broad SMARTS) is 1. The fraction of sp³-hybridized carbons (Fsp3) is 0.438. The number of aliphatic carboxylic acids is 1. The van der Waals surface area contributed by atoms with Gasteiger partial charge in [-0.2, -0.15) is 0 Å². The minimum absolute atomic E-state index is 0.0790. The Labute approximate surface area is 140 Å². The van der Waals surface area contributed by atoms with Crippen molar-refractivity contribution in [2.75, 3.05) is 0 Å². The summed E-state index contributed by atoms with van der Waals surface area (Å²) in [5, 5.41) is 23.6. The molecule has 1 rings (SSSR count). The van der Waals surface area contributed by atoms with Crippen LogP contribution < -0.4 is 16.4 Å². The summed E-state index contributed by atoms with van der Waals surface area (Å²) in [5.41, 5.74) is 6.15. The molecular formula is C16H23N3O5. The van der Waals surface area contributed by atoms with E-state index < -0.39 is 42.0 Å². The van der Waals surface area contributed by atoms with Crippen LogP contribution in [0.4, 0.5) is 0 Å².